The molecule has 1 aliphatic heterocycles. The number of benzene rings is 1. The first-order valence-electron chi connectivity index (χ1n) is 7.40. The minimum atomic E-state index is -0.864. The molecule has 0 saturated heterocycles. The van der Waals surface area contributed by atoms with Crippen LogP contribution in [0.5, 0.6) is 5.75 Å². The number of fused-ring (bicyclic) bond motifs is 3. The van der Waals surface area contributed by atoms with E-state index in [0.29, 0.717) is 18.7 Å². The molecule has 2 aliphatic rings. The molecule has 1 aliphatic carbocycles. The molecule has 3 unspecified atom stereocenters. The predicted molar refractivity (Wildman–Crippen MR) is 82.8 cm³/mol. The maximum atomic E-state index is 12.6. The third-order valence-corrected chi connectivity index (χ3v) is 4.85. The molecule has 1 aromatic carbocycles. The van der Waals surface area contributed by atoms with Gasteiger partial charge in [0.1, 0.15) is 5.75 Å². The van der Waals surface area contributed by atoms with Gasteiger partial charge in [0.25, 0.3) is 0 Å². The Bertz CT molecular complexity index is 684. The summed E-state index contributed by atoms with van der Waals surface area (Å²) in [5.74, 6) is -1.02. The van der Waals surface area contributed by atoms with E-state index in [2.05, 4.69) is 4.99 Å². The molecule has 1 heterocycles. The average Bonchev–Trinajstić information content (AvgIpc) is 2.94. The number of hydrogen-bond donors (Lipinski definition) is 0. The number of rotatable bonds is 3. The number of nitrogens with zero attached hydrogens (tertiary/aromatic N) is 1. The molecule has 23 heavy (non-hydrogen) atoms. The van der Waals surface area contributed by atoms with E-state index >= 15 is 0 Å². The van der Waals surface area contributed by atoms with Crippen molar-refractivity contribution in [2.24, 2.45) is 16.3 Å². The first-order valence-corrected chi connectivity index (χ1v) is 7.40. The van der Waals surface area contributed by atoms with Gasteiger partial charge >= 0.3 is 11.9 Å². The van der Waals surface area contributed by atoms with E-state index in [1.165, 1.54) is 14.2 Å². The van der Waals surface area contributed by atoms with Gasteiger partial charge in [-0.3, -0.25) is 14.6 Å². The molecule has 0 N–H and O–H groups in total. The molecule has 0 spiro atoms. The fourth-order valence-corrected chi connectivity index (χ4v) is 3.80. The second-order valence-corrected chi connectivity index (χ2v) is 5.91. The molecular formula is C17H19NO5. The SMILES string of the molecule is COC(=O)C1C=NCC2(C(=O)OC)Cc3ccc(OC)cc3C12. The van der Waals surface area contributed by atoms with Crippen LogP contribution in [-0.2, 0) is 25.5 Å². The van der Waals surface area contributed by atoms with Gasteiger partial charge in [-0.15, -0.1) is 0 Å². The summed E-state index contributed by atoms with van der Waals surface area (Å²) in [7, 11) is 4.29. The lowest BCUT2D eigenvalue weighted by Crippen LogP contribution is -2.47. The number of methoxy groups -OCH3 is 3. The number of aliphatic imine (C=N–C) groups is 1. The zero-order chi connectivity index (χ0) is 16.6. The van der Waals surface area contributed by atoms with Crippen LogP contribution in [0.2, 0.25) is 0 Å². The van der Waals surface area contributed by atoms with Gasteiger partial charge in [-0.25, -0.2) is 0 Å². The Morgan fingerprint density at radius 1 is 1.22 bits per heavy atom. The first kappa shape index (κ1) is 15.5. The lowest BCUT2D eigenvalue weighted by atomic mass is 9.68. The number of esters is 2. The fraction of sp³-hybridized carbons (Fsp3) is 0.471. The highest BCUT2D eigenvalue weighted by atomic mass is 16.5. The molecule has 3 rings (SSSR count). The molecule has 6 heteroatoms. The van der Waals surface area contributed by atoms with Crippen LogP contribution in [0.25, 0.3) is 0 Å². The lowest BCUT2D eigenvalue weighted by Gasteiger charge is -2.37. The van der Waals surface area contributed by atoms with Crippen LogP contribution >= 0.6 is 0 Å². The Morgan fingerprint density at radius 3 is 2.65 bits per heavy atom. The Kier molecular flexibility index (Phi) is 3.83. The standard InChI is InChI=1S/C17H19NO5/c1-21-11-5-4-10-7-17(16(20)23-3)9-18-8-13(15(19)22-2)14(17)12(10)6-11/h4-6,8,13-14H,7,9H2,1-3H3. The Labute approximate surface area is 134 Å². The van der Waals surface area contributed by atoms with Gasteiger partial charge in [0, 0.05) is 12.1 Å². The van der Waals surface area contributed by atoms with Crippen molar-refractivity contribution in [3.8, 4) is 5.75 Å². The molecular weight excluding hydrogens is 298 g/mol. The molecule has 0 radical (unpaired) electrons. The number of ether oxygens (including phenoxy) is 3. The van der Waals surface area contributed by atoms with E-state index in [1.54, 1.807) is 13.3 Å². The van der Waals surface area contributed by atoms with Crippen molar-refractivity contribution in [3.63, 3.8) is 0 Å². The van der Waals surface area contributed by atoms with E-state index in [9.17, 15) is 9.59 Å². The highest BCUT2D eigenvalue weighted by molar-refractivity contribution is 5.95. The summed E-state index contributed by atoms with van der Waals surface area (Å²) < 4.78 is 15.3. The second-order valence-electron chi connectivity index (χ2n) is 5.91. The lowest BCUT2D eigenvalue weighted by molar-refractivity contribution is -0.156. The predicted octanol–water partition coefficient (Wildman–Crippen LogP) is 1.37. The van der Waals surface area contributed by atoms with E-state index < -0.39 is 17.3 Å². The number of hydrogen-bond acceptors (Lipinski definition) is 6. The van der Waals surface area contributed by atoms with Crippen LogP contribution in [0.15, 0.2) is 23.2 Å². The van der Waals surface area contributed by atoms with Crippen molar-refractivity contribution in [2.45, 2.75) is 12.3 Å². The molecule has 0 saturated carbocycles. The number of carbonyl (C=O) groups is 2. The van der Waals surface area contributed by atoms with Gasteiger partial charge in [-0.1, -0.05) is 6.07 Å². The van der Waals surface area contributed by atoms with Crippen molar-refractivity contribution in [1.82, 2.24) is 0 Å². The van der Waals surface area contributed by atoms with Gasteiger partial charge in [-0.05, 0) is 29.7 Å². The van der Waals surface area contributed by atoms with Crippen LogP contribution in [0.3, 0.4) is 0 Å². The smallest absolute Gasteiger partial charge is 0.314 e. The monoisotopic (exact) mass is 317 g/mol. The molecule has 0 amide bonds. The van der Waals surface area contributed by atoms with Crippen molar-refractivity contribution >= 4 is 18.2 Å². The van der Waals surface area contributed by atoms with Crippen LogP contribution < -0.4 is 4.74 Å². The largest absolute Gasteiger partial charge is 0.497 e. The summed E-state index contributed by atoms with van der Waals surface area (Å²) in [6.07, 6.45) is 2.08. The summed E-state index contributed by atoms with van der Waals surface area (Å²) in [5, 5.41) is 0. The van der Waals surface area contributed by atoms with Gasteiger partial charge in [-0.2, -0.15) is 0 Å². The summed E-state index contributed by atoms with van der Waals surface area (Å²) >= 11 is 0. The van der Waals surface area contributed by atoms with E-state index in [4.69, 9.17) is 14.2 Å². The van der Waals surface area contributed by atoms with Crippen LogP contribution in [0.4, 0.5) is 0 Å². The van der Waals surface area contributed by atoms with Crippen molar-refractivity contribution in [3.05, 3.63) is 29.3 Å². The third-order valence-electron chi connectivity index (χ3n) is 4.85. The van der Waals surface area contributed by atoms with Gasteiger partial charge in [0.2, 0.25) is 0 Å². The molecule has 0 bridgehead atoms. The molecule has 0 aromatic heterocycles. The number of carbonyl (C=O) groups excluding carboxylic acids is 2. The normalized spacial score (nSPS) is 27.8. The Hall–Kier alpha value is -2.37. The fourth-order valence-electron chi connectivity index (χ4n) is 3.80. The van der Waals surface area contributed by atoms with E-state index in [-0.39, 0.29) is 11.9 Å². The summed E-state index contributed by atoms with van der Waals surface area (Å²) in [6, 6.07) is 5.68. The summed E-state index contributed by atoms with van der Waals surface area (Å²) in [5.41, 5.74) is 1.08. The Morgan fingerprint density at radius 2 is 2.00 bits per heavy atom. The first-order chi connectivity index (χ1) is 11.1. The average molecular weight is 317 g/mol. The van der Waals surface area contributed by atoms with Crippen LogP contribution in [0, 0.1) is 11.3 Å². The molecule has 3 atom stereocenters. The van der Waals surface area contributed by atoms with Crippen LogP contribution in [0.1, 0.15) is 17.0 Å². The van der Waals surface area contributed by atoms with E-state index in [0.717, 1.165) is 11.1 Å². The maximum absolute atomic E-state index is 12.6. The van der Waals surface area contributed by atoms with Gasteiger partial charge in [0.15, 0.2) is 0 Å². The molecule has 6 nitrogen and oxygen atoms in total. The minimum absolute atomic E-state index is 0.300. The van der Waals surface area contributed by atoms with Gasteiger partial charge in [0.05, 0.1) is 39.2 Å². The van der Waals surface area contributed by atoms with Crippen molar-refractivity contribution in [1.29, 1.82) is 0 Å². The van der Waals surface area contributed by atoms with E-state index in [1.807, 2.05) is 18.2 Å². The highest BCUT2D eigenvalue weighted by Crippen LogP contribution is 2.54. The second kappa shape index (κ2) is 5.68. The Balaban J connectivity index is 2.16. The topological polar surface area (TPSA) is 74.2 Å². The summed E-state index contributed by atoms with van der Waals surface area (Å²) in [6.45, 7) is 0.300. The minimum Gasteiger partial charge on any atom is -0.497 e. The third kappa shape index (κ3) is 2.20. The quantitative estimate of drug-likeness (QED) is 0.787. The molecule has 0 fully saturated rings. The molecule has 122 valence electrons. The van der Waals surface area contributed by atoms with Crippen LogP contribution in [-0.4, -0.2) is 46.0 Å². The van der Waals surface area contributed by atoms with Gasteiger partial charge < -0.3 is 14.2 Å². The maximum Gasteiger partial charge on any atom is 0.314 e. The zero-order valence-electron chi connectivity index (χ0n) is 13.4. The zero-order valence-corrected chi connectivity index (χ0v) is 13.4. The van der Waals surface area contributed by atoms with Crippen molar-refractivity contribution in [2.75, 3.05) is 27.9 Å². The highest BCUT2D eigenvalue weighted by Gasteiger charge is 2.58. The van der Waals surface area contributed by atoms with Crippen molar-refractivity contribution < 1.29 is 23.8 Å². The summed E-state index contributed by atoms with van der Waals surface area (Å²) in [4.78, 5) is 29.1. The molecule has 1 aromatic rings.